The molecule has 2 aromatic heterocycles. The van der Waals surface area contributed by atoms with Crippen LogP contribution in [0.15, 0.2) is 30.5 Å². The average molecular weight is 606 g/mol. The number of carboxylic acids is 1. The number of carbonyl (C=O) groups excluding carboxylic acids is 1. The molecule has 2 aromatic rings. The lowest BCUT2D eigenvalue weighted by Crippen LogP contribution is -2.51. The third-order valence-corrected chi connectivity index (χ3v) is 10.2. The monoisotopic (exact) mass is 605 g/mol. The van der Waals surface area contributed by atoms with Gasteiger partial charge in [-0.1, -0.05) is 24.8 Å². The van der Waals surface area contributed by atoms with E-state index in [2.05, 4.69) is 28.6 Å². The highest BCUT2D eigenvalue weighted by Crippen LogP contribution is 2.41. The number of nitrogens with zero attached hydrogens (tertiary/aromatic N) is 3. The molecule has 1 saturated heterocycles. The van der Waals surface area contributed by atoms with Gasteiger partial charge in [0.25, 0.3) is 0 Å². The summed E-state index contributed by atoms with van der Waals surface area (Å²) in [7, 11) is 0. The van der Waals surface area contributed by atoms with Crippen molar-refractivity contribution in [2.45, 2.75) is 97.6 Å². The number of rotatable bonds is 8. The Labute approximate surface area is 261 Å². The number of amides is 1. The molecule has 0 radical (unpaired) electrons. The van der Waals surface area contributed by atoms with Crippen molar-refractivity contribution in [1.82, 2.24) is 9.88 Å². The van der Waals surface area contributed by atoms with Crippen LogP contribution in [0.1, 0.15) is 100 Å². The van der Waals surface area contributed by atoms with Crippen molar-refractivity contribution >= 4 is 28.9 Å². The number of anilines is 1. The molecule has 1 aliphatic heterocycles. The number of aromatic carboxylic acids is 1. The molecular formula is C35H47N3O4S. The summed E-state index contributed by atoms with van der Waals surface area (Å²) in [6, 6.07) is 7.51. The molecule has 0 aromatic carbocycles. The van der Waals surface area contributed by atoms with Gasteiger partial charge in [-0.3, -0.25) is 4.79 Å². The van der Waals surface area contributed by atoms with Crippen molar-refractivity contribution in [2.75, 3.05) is 24.5 Å². The van der Waals surface area contributed by atoms with Gasteiger partial charge >= 0.3 is 5.97 Å². The van der Waals surface area contributed by atoms with Crippen LogP contribution in [-0.4, -0.2) is 58.6 Å². The highest BCUT2D eigenvalue weighted by Gasteiger charge is 2.41. The zero-order chi connectivity index (χ0) is 30.6. The molecule has 3 fully saturated rings. The maximum absolute atomic E-state index is 14.5. The number of pyridine rings is 1. The minimum absolute atomic E-state index is 0.00568. The zero-order valence-corrected chi connectivity index (χ0v) is 27.0. The molecule has 8 heteroatoms. The molecule has 3 heterocycles. The first-order chi connectivity index (χ1) is 20.6. The molecule has 1 N–H and O–H groups in total. The largest absolute Gasteiger partial charge is 0.477 e. The summed E-state index contributed by atoms with van der Waals surface area (Å²) >= 11 is 1.19. The quantitative estimate of drug-likeness (QED) is 0.323. The molecule has 1 amide bonds. The fraction of sp³-hybridized carbons (Fsp3) is 0.629. The summed E-state index contributed by atoms with van der Waals surface area (Å²) in [5.41, 5.74) is 0.310. The Morgan fingerprint density at radius 3 is 2.51 bits per heavy atom. The number of aromatic nitrogens is 1. The minimum Gasteiger partial charge on any atom is -0.477 e. The van der Waals surface area contributed by atoms with Gasteiger partial charge in [0.2, 0.25) is 11.8 Å². The summed E-state index contributed by atoms with van der Waals surface area (Å²) < 4.78 is 6.48. The fourth-order valence-electron chi connectivity index (χ4n) is 6.89. The van der Waals surface area contributed by atoms with Crippen LogP contribution in [0, 0.1) is 35.0 Å². The van der Waals surface area contributed by atoms with E-state index in [9.17, 15) is 14.7 Å². The van der Waals surface area contributed by atoms with Gasteiger partial charge in [0, 0.05) is 42.1 Å². The van der Waals surface area contributed by atoms with Crippen molar-refractivity contribution < 1.29 is 19.4 Å². The topological polar surface area (TPSA) is 83.0 Å². The number of carbonyl (C=O) groups is 2. The Bertz CT molecular complexity index is 1310. The van der Waals surface area contributed by atoms with Gasteiger partial charge in [-0.25, -0.2) is 9.78 Å². The van der Waals surface area contributed by atoms with Crippen molar-refractivity contribution in [3.63, 3.8) is 0 Å². The van der Waals surface area contributed by atoms with E-state index in [4.69, 9.17) is 4.74 Å². The van der Waals surface area contributed by atoms with Gasteiger partial charge in [0.1, 0.15) is 11.0 Å². The van der Waals surface area contributed by atoms with Crippen LogP contribution >= 0.6 is 11.3 Å². The number of ether oxygens (including phenoxy) is 1. The third-order valence-electron chi connectivity index (χ3n) is 9.18. The zero-order valence-electron chi connectivity index (χ0n) is 26.2. The second-order valence-corrected chi connectivity index (χ2v) is 14.9. The Morgan fingerprint density at radius 1 is 1.12 bits per heavy atom. The molecule has 232 valence electrons. The van der Waals surface area contributed by atoms with Crippen molar-refractivity contribution in [1.29, 1.82) is 0 Å². The van der Waals surface area contributed by atoms with Gasteiger partial charge < -0.3 is 19.6 Å². The van der Waals surface area contributed by atoms with Crippen LogP contribution in [0.25, 0.3) is 0 Å². The van der Waals surface area contributed by atoms with Gasteiger partial charge in [0.05, 0.1) is 10.6 Å². The van der Waals surface area contributed by atoms with E-state index < -0.39 is 5.97 Å². The van der Waals surface area contributed by atoms with E-state index in [-0.39, 0.29) is 40.2 Å². The van der Waals surface area contributed by atoms with Crippen molar-refractivity contribution in [2.24, 2.45) is 23.2 Å². The highest BCUT2D eigenvalue weighted by molar-refractivity contribution is 7.15. The minimum atomic E-state index is -1.00. The lowest BCUT2D eigenvalue weighted by Gasteiger charge is -2.43. The Balaban J connectivity index is 1.48. The molecule has 3 aliphatic rings. The number of thiophene rings is 1. The molecule has 3 atom stereocenters. The van der Waals surface area contributed by atoms with E-state index in [1.165, 1.54) is 24.2 Å². The van der Waals surface area contributed by atoms with Crippen LogP contribution in [0.5, 0.6) is 5.88 Å². The van der Waals surface area contributed by atoms with Gasteiger partial charge in [-0.15, -0.1) is 11.3 Å². The summed E-state index contributed by atoms with van der Waals surface area (Å²) in [5.74, 6) is 6.91. The second kappa shape index (κ2) is 13.8. The molecule has 0 spiro atoms. The van der Waals surface area contributed by atoms with E-state index in [0.29, 0.717) is 22.4 Å². The van der Waals surface area contributed by atoms with E-state index >= 15 is 0 Å². The van der Waals surface area contributed by atoms with Gasteiger partial charge in [0.15, 0.2) is 0 Å². The van der Waals surface area contributed by atoms with Crippen LogP contribution in [0.3, 0.4) is 0 Å². The number of carboxylic acid groups (broad SMARTS) is 1. The van der Waals surface area contributed by atoms with E-state index in [1.54, 1.807) is 6.20 Å². The first kappa shape index (κ1) is 31.5. The van der Waals surface area contributed by atoms with Gasteiger partial charge in [-0.2, -0.15) is 0 Å². The number of likely N-dealkylation sites (tertiary alicyclic amines) is 1. The Morgan fingerprint density at radius 2 is 1.86 bits per heavy atom. The molecule has 2 unspecified atom stereocenters. The fourth-order valence-corrected chi connectivity index (χ4v) is 7.73. The predicted octanol–water partition coefficient (Wildman–Crippen LogP) is 7.11. The molecule has 5 rings (SSSR count). The number of hydrogen-bond acceptors (Lipinski definition) is 6. The summed E-state index contributed by atoms with van der Waals surface area (Å²) in [5, 5.41) is 10.3. The predicted molar refractivity (Wildman–Crippen MR) is 172 cm³/mol. The Hall–Kier alpha value is -2.89. The Kier molecular flexibility index (Phi) is 10.1. The smallest absolute Gasteiger partial charge is 0.348 e. The summed E-state index contributed by atoms with van der Waals surface area (Å²) in [6.45, 7) is 11.5. The first-order valence-electron chi connectivity index (χ1n) is 16.1. The molecule has 2 aliphatic carbocycles. The second-order valence-electron chi connectivity index (χ2n) is 13.9. The SMILES string of the molecule is CC(C)(C)C#Cc1cc(N(C(=O)[C@H]2CC[C@H](C)CC2)[C@@H]2CCC(Oc3ccccn3)C(CN3CCCC3)C2)c(C(=O)O)s1. The van der Waals surface area contributed by atoms with E-state index in [0.717, 1.165) is 64.6 Å². The first-order valence-corrected chi connectivity index (χ1v) is 16.9. The molecule has 2 saturated carbocycles. The van der Waals surface area contributed by atoms with Crippen molar-refractivity contribution in [3.05, 3.63) is 40.2 Å². The van der Waals surface area contributed by atoms with Gasteiger partial charge in [-0.05, 0) is 110 Å². The lowest BCUT2D eigenvalue weighted by atomic mass is 9.79. The molecule has 0 bridgehead atoms. The van der Waals surface area contributed by atoms with E-state index in [1.807, 2.05) is 49.9 Å². The van der Waals surface area contributed by atoms with Crippen LogP contribution < -0.4 is 9.64 Å². The normalized spacial score (nSPS) is 26.4. The van der Waals surface area contributed by atoms with Crippen molar-refractivity contribution in [3.8, 4) is 17.7 Å². The molecule has 43 heavy (non-hydrogen) atoms. The summed E-state index contributed by atoms with van der Waals surface area (Å²) in [6.07, 6.45) is 10.2. The van der Waals surface area contributed by atoms with Crippen LogP contribution in [0.4, 0.5) is 5.69 Å². The van der Waals surface area contributed by atoms with Crippen LogP contribution in [-0.2, 0) is 4.79 Å². The maximum atomic E-state index is 14.5. The maximum Gasteiger partial charge on any atom is 0.348 e. The molecular weight excluding hydrogens is 558 g/mol. The number of hydrogen-bond donors (Lipinski definition) is 1. The third kappa shape index (κ3) is 8.19. The van der Waals surface area contributed by atoms with Crippen LogP contribution in [0.2, 0.25) is 0 Å². The summed E-state index contributed by atoms with van der Waals surface area (Å²) in [4.78, 5) is 36.8. The molecule has 7 nitrogen and oxygen atoms in total. The highest BCUT2D eigenvalue weighted by atomic mass is 32.1. The standard InChI is InChI=1S/C35H47N3O4S/c1-24-10-12-25(13-11-24)33(39)38(29-22-28(16-17-35(2,3)4)43-32(29)34(40)41)27-14-15-30(42-31-9-5-6-18-36-31)26(21-27)23-37-19-7-8-20-37/h5-6,9,18,22,24-27,30H,7-8,10-15,19-21,23H2,1-4H3,(H,40,41)/t24-,25-,26?,27-,30?/m1/s1. The lowest BCUT2D eigenvalue weighted by molar-refractivity contribution is -0.124. The average Bonchev–Trinajstić information content (AvgIpc) is 3.64.